The van der Waals surface area contributed by atoms with Gasteiger partial charge in [0, 0.05) is 35.8 Å². The first-order valence-corrected chi connectivity index (χ1v) is 8.73. The lowest BCUT2D eigenvalue weighted by Crippen LogP contribution is -2.26. The molecule has 3 aromatic rings. The molecule has 0 unspecified atom stereocenters. The van der Waals surface area contributed by atoms with Gasteiger partial charge in [0.2, 0.25) is 0 Å². The zero-order chi connectivity index (χ0) is 18.6. The van der Waals surface area contributed by atoms with Crippen molar-refractivity contribution in [3.63, 3.8) is 0 Å². The van der Waals surface area contributed by atoms with E-state index in [0.29, 0.717) is 11.3 Å². The molecule has 132 valence electrons. The second-order valence-corrected chi connectivity index (χ2v) is 6.37. The minimum absolute atomic E-state index is 0.0691. The number of carbonyl (C=O) groups is 1. The van der Waals surface area contributed by atoms with Crippen LogP contribution in [-0.2, 0) is 4.79 Å². The Labute approximate surface area is 156 Å². The molecule has 4 rings (SSSR count). The molecule has 0 bridgehead atoms. The van der Waals surface area contributed by atoms with Crippen molar-refractivity contribution in [3.05, 3.63) is 72.2 Å². The number of para-hydroxylation sites is 1. The maximum absolute atomic E-state index is 12.3. The highest BCUT2D eigenvalue weighted by Gasteiger charge is 2.25. The summed E-state index contributed by atoms with van der Waals surface area (Å²) in [7, 11) is 0. The summed E-state index contributed by atoms with van der Waals surface area (Å²) < 4.78 is 1.74. The number of hydrogen-bond donors (Lipinski definition) is 1. The molecule has 1 fully saturated rings. The van der Waals surface area contributed by atoms with Crippen LogP contribution < -0.4 is 5.32 Å². The molecule has 1 amide bonds. The molecule has 6 heteroatoms. The van der Waals surface area contributed by atoms with Gasteiger partial charge in [-0.05, 0) is 43.2 Å². The third-order valence-electron chi connectivity index (χ3n) is 4.28. The second kappa shape index (κ2) is 7.26. The Balaban J connectivity index is 1.78. The summed E-state index contributed by atoms with van der Waals surface area (Å²) >= 11 is 0. The normalized spacial score (nSPS) is 13.8. The first-order valence-electron chi connectivity index (χ1n) is 8.73. The van der Waals surface area contributed by atoms with E-state index < -0.39 is 0 Å². The Kier molecular flexibility index (Phi) is 4.50. The van der Waals surface area contributed by atoms with Gasteiger partial charge in [-0.2, -0.15) is 10.4 Å². The van der Waals surface area contributed by atoms with Gasteiger partial charge in [0.05, 0.1) is 5.69 Å². The van der Waals surface area contributed by atoms with E-state index in [0.717, 1.165) is 24.1 Å². The third kappa shape index (κ3) is 3.77. The number of nitriles is 1. The van der Waals surface area contributed by atoms with E-state index in [4.69, 9.17) is 0 Å². The van der Waals surface area contributed by atoms with Crippen LogP contribution in [0.25, 0.3) is 23.0 Å². The fourth-order valence-corrected chi connectivity index (χ4v) is 2.73. The molecule has 27 heavy (non-hydrogen) atoms. The molecule has 0 radical (unpaired) electrons. The Morgan fingerprint density at radius 3 is 2.70 bits per heavy atom. The highest BCUT2D eigenvalue weighted by molar-refractivity contribution is 6.02. The summed E-state index contributed by atoms with van der Waals surface area (Å²) in [6, 6.07) is 15.6. The molecule has 1 N–H and O–H groups in total. The van der Waals surface area contributed by atoms with Crippen LogP contribution in [0.3, 0.4) is 0 Å². The van der Waals surface area contributed by atoms with Gasteiger partial charge in [0.1, 0.15) is 17.3 Å². The lowest BCUT2D eigenvalue weighted by Gasteiger charge is -2.01. The predicted molar refractivity (Wildman–Crippen MR) is 102 cm³/mol. The van der Waals surface area contributed by atoms with Crippen molar-refractivity contribution in [1.29, 1.82) is 5.26 Å². The zero-order valence-corrected chi connectivity index (χ0v) is 14.5. The summed E-state index contributed by atoms with van der Waals surface area (Å²) in [5, 5.41) is 17.0. The SMILES string of the molecule is N#C/C(=C\c1cn(-c2ccccc2)nc1-c1cccnc1)C(=O)NC1CC1. The van der Waals surface area contributed by atoms with E-state index >= 15 is 0 Å². The van der Waals surface area contributed by atoms with Crippen LogP contribution in [0.4, 0.5) is 0 Å². The van der Waals surface area contributed by atoms with Gasteiger partial charge in [-0.1, -0.05) is 18.2 Å². The van der Waals surface area contributed by atoms with Crippen molar-refractivity contribution in [2.45, 2.75) is 18.9 Å². The molecule has 1 aromatic carbocycles. The molecule has 1 saturated carbocycles. The predicted octanol–water partition coefficient (Wildman–Crippen LogP) is 3.12. The van der Waals surface area contributed by atoms with Crippen LogP contribution in [0.1, 0.15) is 18.4 Å². The number of pyridine rings is 1. The summed E-state index contributed by atoms with van der Waals surface area (Å²) in [5.74, 6) is -0.343. The van der Waals surface area contributed by atoms with Crippen LogP contribution in [-0.4, -0.2) is 26.7 Å². The summed E-state index contributed by atoms with van der Waals surface area (Å²) in [5.41, 5.74) is 3.13. The zero-order valence-electron chi connectivity index (χ0n) is 14.5. The van der Waals surface area contributed by atoms with Crippen LogP contribution in [0.15, 0.2) is 66.6 Å². The van der Waals surface area contributed by atoms with Crippen LogP contribution in [0.2, 0.25) is 0 Å². The van der Waals surface area contributed by atoms with Gasteiger partial charge in [0.25, 0.3) is 5.91 Å². The molecule has 0 saturated heterocycles. The molecular formula is C21H17N5O. The van der Waals surface area contributed by atoms with Gasteiger partial charge in [-0.15, -0.1) is 0 Å². The third-order valence-corrected chi connectivity index (χ3v) is 4.28. The monoisotopic (exact) mass is 355 g/mol. The van der Waals surface area contributed by atoms with Crippen molar-refractivity contribution in [2.24, 2.45) is 0 Å². The van der Waals surface area contributed by atoms with E-state index in [1.54, 1.807) is 23.2 Å². The fraction of sp³-hybridized carbons (Fsp3) is 0.143. The fourth-order valence-electron chi connectivity index (χ4n) is 2.73. The van der Waals surface area contributed by atoms with Crippen molar-refractivity contribution >= 4 is 12.0 Å². The highest BCUT2D eigenvalue weighted by Crippen LogP contribution is 2.25. The Morgan fingerprint density at radius 2 is 2.04 bits per heavy atom. The minimum Gasteiger partial charge on any atom is -0.349 e. The maximum Gasteiger partial charge on any atom is 0.262 e. The second-order valence-electron chi connectivity index (χ2n) is 6.37. The number of hydrogen-bond acceptors (Lipinski definition) is 4. The highest BCUT2D eigenvalue weighted by atomic mass is 16.1. The smallest absolute Gasteiger partial charge is 0.262 e. The number of nitrogens with zero attached hydrogens (tertiary/aromatic N) is 4. The topological polar surface area (TPSA) is 83.6 Å². The summed E-state index contributed by atoms with van der Waals surface area (Å²) in [6.45, 7) is 0. The number of benzene rings is 1. The van der Waals surface area contributed by atoms with Gasteiger partial charge in [-0.25, -0.2) is 4.68 Å². The molecule has 1 aliphatic carbocycles. The lowest BCUT2D eigenvalue weighted by molar-refractivity contribution is -0.117. The van der Waals surface area contributed by atoms with Gasteiger partial charge in [-0.3, -0.25) is 9.78 Å². The van der Waals surface area contributed by atoms with E-state index in [1.165, 1.54) is 0 Å². The van der Waals surface area contributed by atoms with Crippen LogP contribution in [0, 0.1) is 11.3 Å². The van der Waals surface area contributed by atoms with Crippen molar-refractivity contribution in [3.8, 4) is 23.0 Å². The van der Waals surface area contributed by atoms with Gasteiger partial charge < -0.3 is 5.32 Å². The minimum atomic E-state index is -0.343. The molecule has 2 aromatic heterocycles. The number of rotatable bonds is 5. The van der Waals surface area contributed by atoms with Crippen molar-refractivity contribution in [1.82, 2.24) is 20.1 Å². The van der Waals surface area contributed by atoms with Crippen LogP contribution >= 0.6 is 0 Å². The first-order chi connectivity index (χ1) is 13.2. The molecule has 6 nitrogen and oxygen atoms in total. The Hall–Kier alpha value is -3.72. The molecular weight excluding hydrogens is 338 g/mol. The molecule has 1 aliphatic rings. The standard InChI is InChI=1S/C21H17N5O/c22-12-16(21(27)24-18-8-9-18)11-17-14-26(19-6-2-1-3-7-19)25-20(17)15-5-4-10-23-13-15/h1-7,10-11,13-14,18H,8-9H2,(H,24,27)/b16-11+. The van der Waals surface area contributed by atoms with Gasteiger partial charge >= 0.3 is 0 Å². The van der Waals surface area contributed by atoms with E-state index in [2.05, 4.69) is 15.4 Å². The van der Waals surface area contributed by atoms with Gasteiger partial charge in [0.15, 0.2) is 0 Å². The maximum atomic E-state index is 12.3. The largest absolute Gasteiger partial charge is 0.349 e. The number of amides is 1. The summed E-state index contributed by atoms with van der Waals surface area (Å²) in [6.07, 6.45) is 8.75. The number of carbonyl (C=O) groups excluding carboxylic acids is 1. The average molecular weight is 355 g/mol. The molecule has 0 aliphatic heterocycles. The number of aromatic nitrogens is 3. The Morgan fingerprint density at radius 1 is 1.22 bits per heavy atom. The van der Waals surface area contributed by atoms with Crippen molar-refractivity contribution in [2.75, 3.05) is 0 Å². The lowest BCUT2D eigenvalue weighted by atomic mass is 10.1. The van der Waals surface area contributed by atoms with Crippen LogP contribution in [0.5, 0.6) is 0 Å². The average Bonchev–Trinajstić information content (AvgIpc) is 3.43. The quantitative estimate of drug-likeness (QED) is 0.563. The molecule has 2 heterocycles. The number of nitrogens with one attached hydrogen (secondary N) is 1. The van der Waals surface area contributed by atoms with E-state index in [9.17, 15) is 10.1 Å². The Bertz CT molecular complexity index is 1030. The summed E-state index contributed by atoms with van der Waals surface area (Å²) in [4.78, 5) is 16.5. The molecule has 0 atom stereocenters. The molecule has 0 spiro atoms. The first kappa shape index (κ1) is 16.7. The van der Waals surface area contributed by atoms with Crippen molar-refractivity contribution < 1.29 is 4.79 Å². The van der Waals surface area contributed by atoms with E-state index in [1.807, 2.05) is 54.7 Å². The van der Waals surface area contributed by atoms with E-state index in [-0.39, 0.29) is 17.5 Å².